The summed E-state index contributed by atoms with van der Waals surface area (Å²) in [6.07, 6.45) is 0.786. The Labute approximate surface area is 186 Å². The first-order chi connectivity index (χ1) is 14.3. The minimum atomic E-state index is -3.97. The van der Waals surface area contributed by atoms with Gasteiger partial charge in [-0.1, -0.05) is 64.4 Å². The number of hydrogen-bond acceptors (Lipinski definition) is 5. The van der Waals surface area contributed by atoms with Gasteiger partial charge in [0.25, 0.3) is 10.0 Å². The molecule has 0 aliphatic rings. The van der Waals surface area contributed by atoms with Gasteiger partial charge in [0.1, 0.15) is 12.5 Å². The van der Waals surface area contributed by atoms with E-state index in [1.165, 1.54) is 7.11 Å². The number of hydrogen-bond donors (Lipinski definition) is 0. The number of benzene rings is 2. The zero-order valence-electron chi connectivity index (χ0n) is 17.5. The Balaban J connectivity index is 2.20. The van der Waals surface area contributed by atoms with E-state index >= 15 is 0 Å². The Kier molecular flexibility index (Phi) is 7.00. The first-order valence-corrected chi connectivity index (χ1v) is 12.1. The zero-order valence-corrected chi connectivity index (χ0v) is 19.9. The summed E-state index contributed by atoms with van der Waals surface area (Å²) < 4.78 is 39.1. The van der Waals surface area contributed by atoms with Crippen molar-refractivity contribution in [2.45, 2.75) is 37.4 Å². The van der Waals surface area contributed by atoms with Gasteiger partial charge in [0.05, 0.1) is 4.90 Å². The van der Waals surface area contributed by atoms with Gasteiger partial charge in [0, 0.05) is 23.6 Å². The number of methoxy groups -OCH3 is 1. The van der Waals surface area contributed by atoms with Crippen molar-refractivity contribution >= 4 is 31.8 Å². The summed E-state index contributed by atoms with van der Waals surface area (Å²) in [7, 11) is -2.52. The molecule has 0 saturated heterocycles. The molecule has 8 heteroatoms. The Hall–Kier alpha value is -2.16. The van der Waals surface area contributed by atoms with Crippen molar-refractivity contribution < 1.29 is 17.7 Å². The Morgan fingerprint density at radius 2 is 1.87 bits per heavy atom. The van der Waals surface area contributed by atoms with Crippen LogP contribution in [0.5, 0.6) is 0 Å². The lowest BCUT2D eigenvalue weighted by Gasteiger charge is -2.23. The monoisotopic (exact) mass is 492 g/mol. The largest absolute Gasteiger partial charge is 0.363 e. The van der Waals surface area contributed by atoms with Crippen molar-refractivity contribution in [3.05, 3.63) is 64.9 Å². The average molecular weight is 493 g/mol. The molecular weight excluding hydrogens is 468 g/mol. The molecule has 0 aliphatic heterocycles. The van der Waals surface area contributed by atoms with Crippen molar-refractivity contribution in [1.82, 2.24) is 5.16 Å². The third kappa shape index (κ3) is 4.17. The minimum Gasteiger partial charge on any atom is -0.363 e. The number of aromatic nitrogens is 1. The molecule has 0 unspecified atom stereocenters. The number of ether oxygens (including phenoxy) is 1. The smallest absolute Gasteiger partial charge is 0.268 e. The second-order valence-corrected chi connectivity index (χ2v) is 9.33. The van der Waals surface area contributed by atoms with Gasteiger partial charge in [-0.25, -0.2) is 12.7 Å². The first-order valence-electron chi connectivity index (χ1n) is 9.56. The van der Waals surface area contributed by atoms with Crippen molar-refractivity contribution in [1.29, 1.82) is 0 Å². The van der Waals surface area contributed by atoms with Crippen molar-refractivity contribution in [3.8, 4) is 11.1 Å². The molecule has 0 fully saturated rings. The fourth-order valence-corrected chi connectivity index (χ4v) is 5.25. The van der Waals surface area contributed by atoms with E-state index in [1.54, 1.807) is 26.0 Å². The molecule has 2 aromatic carbocycles. The highest BCUT2D eigenvalue weighted by molar-refractivity contribution is 9.08. The lowest BCUT2D eigenvalue weighted by molar-refractivity contribution is 0.208. The molecule has 1 aromatic heterocycles. The van der Waals surface area contributed by atoms with Crippen LogP contribution in [0.25, 0.3) is 11.1 Å². The van der Waals surface area contributed by atoms with Gasteiger partial charge in [-0.15, -0.1) is 0 Å². The van der Waals surface area contributed by atoms with Crippen LogP contribution in [0.15, 0.2) is 51.9 Å². The van der Waals surface area contributed by atoms with E-state index < -0.39 is 10.0 Å². The minimum absolute atomic E-state index is 0.174. The van der Waals surface area contributed by atoms with E-state index in [9.17, 15) is 8.42 Å². The average Bonchev–Trinajstić information content (AvgIpc) is 3.09. The van der Waals surface area contributed by atoms with Crippen LogP contribution in [0.1, 0.15) is 29.4 Å². The molecule has 0 saturated carbocycles. The van der Waals surface area contributed by atoms with Gasteiger partial charge < -0.3 is 9.26 Å². The van der Waals surface area contributed by atoms with Crippen molar-refractivity contribution in [2.24, 2.45) is 0 Å². The molecule has 1 heterocycles. The normalized spacial score (nSPS) is 11.6. The molecule has 0 atom stereocenters. The van der Waals surface area contributed by atoms with Crippen LogP contribution in [-0.4, -0.2) is 27.4 Å². The van der Waals surface area contributed by atoms with Crippen LogP contribution in [0, 0.1) is 13.8 Å². The summed E-state index contributed by atoms with van der Waals surface area (Å²) in [6.45, 7) is 5.41. The van der Waals surface area contributed by atoms with Gasteiger partial charge in [0.2, 0.25) is 0 Å². The van der Waals surface area contributed by atoms with Crippen LogP contribution in [0.3, 0.4) is 0 Å². The van der Waals surface area contributed by atoms with E-state index in [2.05, 4.69) is 34.1 Å². The molecule has 0 bridgehead atoms. The maximum absolute atomic E-state index is 13.8. The van der Waals surface area contributed by atoms with Crippen LogP contribution in [0.2, 0.25) is 0 Å². The Morgan fingerprint density at radius 3 is 2.47 bits per heavy atom. The molecule has 0 radical (unpaired) electrons. The molecule has 0 aliphatic carbocycles. The van der Waals surface area contributed by atoms with Gasteiger partial charge in [-0.2, -0.15) is 0 Å². The topological polar surface area (TPSA) is 72.6 Å². The molecule has 30 heavy (non-hydrogen) atoms. The number of sulfonamides is 1. The number of aryl methyl sites for hydroxylation is 2. The summed E-state index contributed by atoms with van der Waals surface area (Å²) in [4.78, 5) is 0.198. The second kappa shape index (κ2) is 9.32. The molecule has 0 spiro atoms. The highest BCUT2D eigenvalue weighted by atomic mass is 79.9. The first kappa shape index (κ1) is 22.5. The molecule has 6 nitrogen and oxygen atoms in total. The number of anilines is 1. The third-order valence-corrected chi connectivity index (χ3v) is 7.48. The maximum atomic E-state index is 13.8. The van der Waals surface area contributed by atoms with E-state index in [0.29, 0.717) is 16.9 Å². The molecular formula is C22H25BrN2O4S. The summed E-state index contributed by atoms with van der Waals surface area (Å²) in [5.74, 6) is 0.794. The Bertz CT molecular complexity index is 1140. The lowest BCUT2D eigenvalue weighted by Crippen LogP contribution is -2.34. The fourth-order valence-electron chi connectivity index (χ4n) is 3.32. The number of alkyl halides is 1. The van der Waals surface area contributed by atoms with Crippen LogP contribution in [-0.2, 0) is 26.5 Å². The quantitative estimate of drug-likeness (QED) is 0.318. The molecule has 0 amide bonds. The zero-order chi connectivity index (χ0) is 21.9. The van der Waals surface area contributed by atoms with Gasteiger partial charge in [-0.3, -0.25) is 0 Å². The summed E-state index contributed by atoms with van der Waals surface area (Å²) in [6, 6.07) is 13.1. The third-order valence-electron chi connectivity index (χ3n) is 5.07. The van der Waals surface area contributed by atoms with Crippen LogP contribution < -0.4 is 4.31 Å². The van der Waals surface area contributed by atoms with E-state index in [1.807, 2.05) is 24.3 Å². The van der Waals surface area contributed by atoms with E-state index in [4.69, 9.17) is 9.26 Å². The predicted octanol–water partition coefficient (Wildman–Crippen LogP) is 5.21. The molecule has 160 valence electrons. The maximum Gasteiger partial charge on any atom is 0.268 e. The second-order valence-electron chi connectivity index (χ2n) is 6.93. The summed E-state index contributed by atoms with van der Waals surface area (Å²) in [5, 5.41) is 4.71. The summed E-state index contributed by atoms with van der Waals surface area (Å²) in [5.41, 5.74) is 4.43. The lowest BCUT2D eigenvalue weighted by atomic mass is 9.96. The van der Waals surface area contributed by atoms with Crippen molar-refractivity contribution in [2.75, 3.05) is 18.1 Å². The standard InChI is InChI=1S/C22H25BrN2O4S/c1-5-18-12-17(13-23)10-11-19(18)20-8-6-7-9-21(20)30(26,27)25(14-28-4)22-15(2)16(3)29-24-22/h6-12H,5,13-14H2,1-4H3. The van der Waals surface area contributed by atoms with Crippen LogP contribution in [0.4, 0.5) is 5.82 Å². The van der Waals surface area contributed by atoms with Gasteiger partial charge in [-0.05, 0) is 43.0 Å². The van der Waals surface area contributed by atoms with Crippen LogP contribution >= 0.6 is 15.9 Å². The number of nitrogens with zero attached hydrogens (tertiary/aromatic N) is 2. The summed E-state index contributed by atoms with van der Waals surface area (Å²) >= 11 is 3.49. The van der Waals surface area contributed by atoms with E-state index in [-0.39, 0.29) is 17.4 Å². The molecule has 3 rings (SSSR count). The predicted molar refractivity (Wildman–Crippen MR) is 121 cm³/mol. The molecule has 0 N–H and O–H groups in total. The number of halogens is 1. The van der Waals surface area contributed by atoms with Gasteiger partial charge >= 0.3 is 0 Å². The Morgan fingerprint density at radius 1 is 1.13 bits per heavy atom. The fraction of sp³-hybridized carbons (Fsp3) is 0.318. The SMILES string of the molecule is CCc1cc(CBr)ccc1-c1ccccc1S(=O)(=O)N(COC)c1noc(C)c1C. The van der Waals surface area contributed by atoms with Gasteiger partial charge in [0.15, 0.2) is 5.82 Å². The highest BCUT2D eigenvalue weighted by Crippen LogP contribution is 2.35. The number of rotatable bonds is 8. The highest BCUT2D eigenvalue weighted by Gasteiger charge is 2.31. The molecule has 3 aromatic rings. The van der Waals surface area contributed by atoms with E-state index in [0.717, 1.165) is 32.7 Å². The van der Waals surface area contributed by atoms with Crippen molar-refractivity contribution in [3.63, 3.8) is 0 Å².